The van der Waals surface area contributed by atoms with Crippen LogP contribution in [-0.4, -0.2) is 51.3 Å². The summed E-state index contributed by atoms with van der Waals surface area (Å²) >= 11 is 0. The number of hydrogen-bond donors (Lipinski definition) is 1. The number of piperidine rings is 1. The molecule has 0 aromatic carbocycles. The van der Waals surface area contributed by atoms with Crippen LogP contribution in [0.4, 0.5) is 0 Å². The Morgan fingerprint density at radius 1 is 1.21 bits per heavy atom. The molecular weight excluding hydrogens is 354 g/mol. The number of aryl methyl sites for hydroxylation is 2. The van der Waals surface area contributed by atoms with Gasteiger partial charge in [0.05, 0.1) is 5.92 Å². The maximum Gasteiger partial charge on any atom is 0.224 e. The van der Waals surface area contributed by atoms with E-state index in [4.69, 9.17) is 0 Å². The number of carbonyl (C=O) groups excluding carboxylic acids is 2. The van der Waals surface area contributed by atoms with E-state index in [2.05, 4.69) is 20.3 Å². The van der Waals surface area contributed by atoms with E-state index in [1.807, 2.05) is 38.1 Å². The fourth-order valence-electron chi connectivity index (χ4n) is 3.49. The molecule has 1 saturated heterocycles. The van der Waals surface area contributed by atoms with Crippen molar-refractivity contribution < 1.29 is 9.59 Å². The molecule has 2 amide bonds. The molecule has 0 aliphatic carbocycles. The van der Waals surface area contributed by atoms with Crippen LogP contribution in [0.5, 0.6) is 0 Å². The van der Waals surface area contributed by atoms with E-state index in [1.165, 1.54) is 0 Å². The Morgan fingerprint density at radius 2 is 2.00 bits per heavy atom. The second-order valence-electron chi connectivity index (χ2n) is 7.25. The highest BCUT2D eigenvalue weighted by atomic mass is 16.2. The number of hydrogen-bond acceptors (Lipinski definition) is 5. The number of rotatable bonds is 7. The number of pyridine rings is 1. The van der Waals surface area contributed by atoms with E-state index >= 15 is 0 Å². The van der Waals surface area contributed by atoms with Gasteiger partial charge in [0.1, 0.15) is 5.82 Å². The van der Waals surface area contributed by atoms with Gasteiger partial charge in [0.2, 0.25) is 11.8 Å². The molecule has 7 nitrogen and oxygen atoms in total. The van der Waals surface area contributed by atoms with Crippen molar-refractivity contribution in [1.29, 1.82) is 0 Å². The summed E-state index contributed by atoms with van der Waals surface area (Å²) in [5.41, 5.74) is 2.82. The highest BCUT2D eigenvalue weighted by Crippen LogP contribution is 2.18. The molecule has 1 fully saturated rings. The van der Waals surface area contributed by atoms with Crippen LogP contribution in [0, 0.1) is 19.8 Å². The maximum atomic E-state index is 12.5. The summed E-state index contributed by atoms with van der Waals surface area (Å²) in [5.74, 6) is 0.693. The van der Waals surface area contributed by atoms with Crippen LogP contribution in [0.15, 0.2) is 30.5 Å². The molecule has 28 heavy (non-hydrogen) atoms. The van der Waals surface area contributed by atoms with Crippen LogP contribution in [0.3, 0.4) is 0 Å². The summed E-state index contributed by atoms with van der Waals surface area (Å²) in [6, 6.07) is 7.70. The minimum Gasteiger partial charge on any atom is -0.355 e. The van der Waals surface area contributed by atoms with Crippen molar-refractivity contribution in [1.82, 2.24) is 25.2 Å². The molecule has 3 rings (SSSR count). The van der Waals surface area contributed by atoms with E-state index < -0.39 is 0 Å². The molecule has 2 aromatic heterocycles. The second-order valence-corrected chi connectivity index (χ2v) is 7.25. The largest absolute Gasteiger partial charge is 0.355 e. The summed E-state index contributed by atoms with van der Waals surface area (Å²) in [4.78, 5) is 39.6. The van der Waals surface area contributed by atoms with Crippen molar-refractivity contribution >= 4 is 11.8 Å². The molecule has 1 N–H and O–H groups in total. The molecule has 1 atom stereocenters. The van der Waals surface area contributed by atoms with Crippen molar-refractivity contribution in [3.63, 3.8) is 0 Å². The van der Waals surface area contributed by atoms with Gasteiger partial charge < -0.3 is 10.2 Å². The summed E-state index contributed by atoms with van der Waals surface area (Å²) in [6.07, 6.45) is 4.07. The van der Waals surface area contributed by atoms with Gasteiger partial charge in [0.25, 0.3) is 0 Å². The zero-order valence-corrected chi connectivity index (χ0v) is 16.5. The standard InChI is InChI=1S/C21H27N5O2/c1-15-13-16(2)25-19(24-15)8-11-23-21(28)17-6-7-20(27)26(14-17)12-9-18-5-3-4-10-22-18/h3-5,10,13,17H,6-9,11-12,14H2,1-2H3,(H,23,28). The highest BCUT2D eigenvalue weighted by Gasteiger charge is 2.29. The lowest BCUT2D eigenvalue weighted by molar-refractivity contribution is -0.138. The van der Waals surface area contributed by atoms with Gasteiger partial charge in [-0.3, -0.25) is 14.6 Å². The smallest absolute Gasteiger partial charge is 0.224 e. The Labute approximate surface area is 165 Å². The number of nitrogens with one attached hydrogen (secondary N) is 1. The Bertz CT molecular complexity index is 805. The number of amides is 2. The van der Waals surface area contributed by atoms with Crippen LogP contribution < -0.4 is 5.32 Å². The third kappa shape index (κ3) is 5.58. The molecule has 148 valence electrons. The van der Waals surface area contributed by atoms with Gasteiger partial charge in [-0.05, 0) is 38.5 Å². The van der Waals surface area contributed by atoms with Gasteiger partial charge in [-0.15, -0.1) is 0 Å². The van der Waals surface area contributed by atoms with Crippen LogP contribution in [0.25, 0.3) is 0 Å². The summed E-state index contributed by atoms with van der Waals surface area (Å²) in [7, 11) is 0. The normalized spacial score (nSPS) is 16.9. The molecule has 3 heterocycles. The minimum atomic E-state index is -0.165. The monoisotopic (exact) mass is 381 g/mol. The SMILES string of the molecule is Cc1cc(C)nc(CCNC(=O)C2CCC(=O)N(CCc3ccccn3)C2)n1. The van der Waals surface area contributed by atoms with Gasteiger partial charge >= 0.3 is 0 Å². The predicted octanol–water partition coefficient (Wildman–Crippen LogP) is 1.63. The number of nitrogens with zero attached hydrogens (tertiary/aromatic N) is 4. The average Bonchev–Trinajstić information content (AvgIpc) is 2.67. The topological polar surface area (TPSA) is 88.1 Å². The third-order valence-electron chi connectivity index (χ3n) is 4.91. The lowest BCUT2D eigenvalue weighted by atomic mass is 9.96. The number of likely N-dealkylation sites (tertiary alicyclic amines) is 1. The number of carbonyl (C=O) groups is 2. The highest BCUT2D eigenvalue weighted by molar-refractivity contribution is 5.83. The quantitative estimate of drug-likeness (QED) is 0.788. The van der Waals surface area contributed by atoms with E-state index in [0.717, 1.165) is 22.9 Å². The zero-order chi connectivity index (χ0) is 19.9. The van der Waals surface area contributed by atoms with Crippen molar-refractivity contribution in [2.24, 2.45) is 5.92 Å². The first-order valence-corrected chi connectivity index (χ1v) is 9.78. The molecule has 0 radical (unpaired) electrons. The van der Waals surface area contributed by atoms with Crippen molar-refractivity contribution in [2.75, 3.05) is 19.6 Å². The van der Waals surface area contributed by atoms with Gasteiger partial charge in [-0.25, -0.2) is 9.97 Å². The molecule has 0 spiro atoms. The van der Waals surface area contributed by atoms with Gasteiger partial charge in [-0.2, -0.15) is 0 Å². The van der Waals surface area contributed by atoms with Crippen LogP contribution in [0.2, 0.25) is 0 Å². The molecule has 1 unspecified atom stereocenters. The first-order valence-electron chi connectivity index (χ1n) is 9.78. The lowest BCUT2D eigenvalue weighted by Crippen LogP contribution is -2.46. The Morgan fingerprint density at radius 3 is 2.71 bits per heavy atom. The van der Waals surface area contributed by atoms with Crippen molar-refractivity contribution in [2.45, 2.75) is 39.5 Å². The summed E-state index contributed by atoms with van der Waals surface area (Å²) in [6.45, 7) is 5.44. The van der Waals surface area contributed by atoms with E-state index in [-0.39, 0.29) is 17.7 Å². The molecule has 7 heteroatoms. The Hall–Kier alpha value is -2.83. The molecule has 1 aliphatic rings. The fraction of sp³-hybridized carbons (Fsp3) is 0.476. The summed E-state index contributed by atoms with van der Waals surface area (Å²) in [5, 5.41) is 2.98. The number of aromatic nitrogens is 3. The molecule has 0 saturated carbocycles. The van der Waals surface area contributed by atoms with Crippen LogP contribution >= 0.6 is 0 Å². The zero-order valence-electron chi connectivity index (χ0n) is 16.5. The predicted molar refractivity (Wildman–Crippen MR) is 105 cm³/mol. The Kier molecular flexibility index (Phi) is 6.68. The maximum absolute atomic E-state index is 12.5. The van der Waals surface area contributed by atoms with E-state index in [0.29, 0.717) is 45.3 Å². The lowest BCUT2D eigenvalue weighted by Gasteiger charge is -2.32. The minimum absolute atomic E-state index is 0.000267. The van der Waals surface area contributed by atoms with Crippen LogP contribution in [0.1, 0.15) is 35.7 Å². The van der Waals surface area contributed by atoms with Crippen LogP contribution in [-0.2, 0) is 22.4 Å². The molecule has 1 aliphatic heterocycles. The molecule has 2 aromatic rings. The first kappa shape index (κ1) is 19.9. The molecule has 0 bridgehead atoms. The van der Waals surface area contributed by atoms with E-state index in [9.17, 15) is 9.59 Å². The first-order chi connectivity index (χ1) is 13.5. The van der Waals surface area contributed by atoms with Crippen molar-refractivity contribution in [3.05, 3.63) is 53.4 Å². The average molecular weight is 381 g/mol. The van der Waals surface area contributed by atoms with Crippen molar-refractivity contribution in [3.8, 4) is 0 Å². The molecular formula is C21H27N5O2. The van der Waals surface area contributed by atoms with Gasteiger partial charge in [0, 0.05) is 62.2 Å². The van der Waals surface area contributed by atoms with Gasteiger partial charge in [-0.1, -0.05) is 6.07 Å². The summed E-state index contributed by atoms with van der Waals surface area (Å²) < 4.78 is 0. The van der Waals surface area contributed by atoms with Gasteiger partial charge in [0.15, 0.2) is 0 Å². The third-order valence-corrected chi connectivity index (χ3v) is 4.91. The fourth-order valence-corrected chi connectivity index (χ4v) is 3.49. The van der Waals surface area contributed by atoms with E-state index in [1.54, 1.807) is 11.1 Å². The second kappa shape index (κ2) is 9.39. The Balaban J connectivity index is 1.47.